The highest BCUT2D eigenvalue weighted by Crippen LogP contribution is 2.23. The second kappa shape index (κ2) is 5.12. The predicted molar refractivity (Wildman–Crippen MR) is 42.2 cm³/mol. The van der Waals surface area contributed by atoms with Crippen LogP contribution >= 0.6 is 34.8 Å². The zero-order chi connectivity index (χ0) is 9.71. The van der Waals surface area contributed by atoms with E-state index < -0.39 is 9.97 Å². The van der Waals surface area contributed by atoms with Crippen LogP contribution in [0.5, 0.6) is 0 Å². The lowest BCUT2D eigenvalue weighted by Crippen LogP contribution is -1.98. The average molecular weight is 229 g/mol. The SMILES string of the molecule is C=CC(F)(F)F.CC(Cl)(Cl)Cl. The normalized spacial score (nSPS) is 11.5. The number of halogens is 6. The Morgan fingerprint density at radius 1 is 1.18 bits per heavy atom. The molecule has 0 nitrogen and oxygen atoms in total. The minimum absolute atomic E-state index is 0.0625. The Balaban J connectivity index is 0. The summed E-state index contributed by atoms with van der Waals surface area (Å²) in [4.78, 5) is 0. The summed E-state index contributed by atoms with van der Waals surface area (Å²) in [6, 6.07) is 0. The lowest BCUT2D eigenvalue weighted by molar-refractivity contribution is -0.0795. The van der Waals surface area contributed by atoms with Crippen LogP contribution in [-0.2, 0) is 0 Å². The summed E-state index contributed by atoms with van der Waals surface area (Å²) in [5.74, 6) is 0. The summed E-state index contributed by atoms with van der Waals surface area (Å²) >= 11 is 15.2. The van der Waals surface area contributed by atoms with Crippen LogP contribution in [0.25, 0.3) is 0 Å². The zero-order valence-electron chi connectivity index (χ0n) is 5.55. The van der Waals surface area contributed by atoms with Crippen LogP contribution in [-0.4, -0.2) is 9.97 Å². The van der Waals surface area contributed by atoms with E-state index in [1.807, 2.05) is 0 Å². The van der Waals surface area contributed by atoms with Crippen molar-refractivity contribution in [3.63, 3.8) is 0 Å². The second-order valence-electron chi connectivity index (χ2n) is 1.53. The summed E-state index contributed by atoms with van der Waals surface area (Å²) in [5.41, 5.74) is 0. The van der Waals surface area contributed by atoms with Gasteiger partial charge in [-0.1, -0.05) is 41.4 Å². The quantitative estimate of drug-likeness (QED) is 0.433. The number of allylic oxidation sites excluding steroid dienone is 1. The Labute approximate surface area is 77.9 Å². The minimum atomic E-state index is -4.19. The van der Waals surface area contributed by atoms with Gasteiger partial charge in [0.05, 0.1) is 0 Å². The van der Waals surface area contributed by atoms with Crippen LogP contribution in [0.4, 0.5) is 13.2 Å². The highest BCUT2D eigenvalue weighted by Gasteiger charge is 2.19. The molecular weight excluding hydrogens is 223 g/mol. The maximum Gasteiger partial charge on any atom is 0.409 e. The van der Waals surface area contributed by atoms with Gasteiger partial charge in [0.2, 0.25) is 0 Å². The van der Waals surface area contributed by atoms with Gasteiger partial charge in [-0.2, -0.15) is 13.2 Å². The Morgan fingerprint density at radius 3 is 1.27 bits per heavy atom. The van der Waals surface area contributed by atoms with Gasteiger partial charge in [-0.3, -0.25) is 0 Å². The molecule has 0 aromatic heterocycles. The molecule has 0 aliphatic carbocycles. The molecule has 0 unspecified atom stereocenters. The Hall–Kier alpha value is 0.400. The molecule has 0 rings (SSSR count). The first kappa shape index (κ1) is 14.0. The minimum Gasteiger partial charge on any atom is -0.167 e. The molecule has 0 radical (unpaired) electrons. The third kappa shape index (κ3) is 63.5. The molecule has 6 heteroatoms. The van der Waals surface area contributed by atoms with Gasteiger partial charge in [0.15, 0.2) is 3.79 Å². The summed E-state index contributed by atoms with van der Waals surface area (Å²) < 4.78 is 30.9. The van der Waals surface area contributed by atoms with E-state index in [4.69, 9.17) is 34.8 Å². The molecule has 0 aromatic rings. The van der Waals surface area contributed by atoms with E-state index in [2.05, 4.69) is 6.58 Å². The van der Waals surface area contributed by atoms with Crippen molar-refractivity contribution < 1.29 is 13.2 Å². The molecule has 0 bridgehead atoms. The van der Waals surface area contributed by atoms with Crippen LogP contribution < -0.4 is 0 Å². The lowest BCUT2D eigenvalue weighted by atomic mass is 10.6. The fourth-order valence-corrected chi connectivity index (χ4v) is 0. The van der Waals surface area contributed by atoms with Crippen LogP contribution in [0.3, 0.4) is 0 Å². The molecule has 68 valence electrons. The second-order valence-corrected chi connectivity index (χ2v) is 4.38. The van der Waals surface area contributed by atoms with Gasteiger partial charge in [-0.15, -0.1) is 0 Å². The molecule has 0 heterocycles. The van der Waals surface area contributed by atoms with Crippen molar-refractivity contribution in [2.45, 2.75) is 16.9 Å². The topological polar surface area (TPSA) is 0 Å². The van der Waals surface area contributed by atoms with E-state index >= 15 is 0 Å². The maximum atomic E-state index is 10.7. The first-order chi connectivity index (χ1) is 4.56. The fraction of sp³-hybridized carbons (Fsp3) is 0.600. The molecule has 0 aliphatic rings. The summed E-state index contributed by atoms with van der Waals surface area (Å²) in [5, 5.41) is 0. The van der Waals surface area contributed by atoms with E-state index in [-0.39, 0.29) is 6.08 Å². The van der Waals surface area contributed by atoms with Gasteiger partial charge >= 0.3 is 6.18 Å². The monoisotopic (exact) mass is 228 g/mol. The third-order valence-electron chi connectivity index (χ3n) is 0.231. The molecule has 0 atom stereocenters. The molecule has 0 amide bonds. The smallest absolute Gasteiger partial charge is 0.167 e. The van der Waals surface area contributed by atoms with Gasteiger partial charge in [0, 0.05) is 6.08 Å². The maximum absolute atomic E-state index is 10.7. The summed E-state index contributed by atoms with van der Waals surface area (Å²) in [6.45, 7) is 3.99. The van der Waals surface area contributed by atoms with Gasteiger partial charge in [-0.25, -0.2) is 0 Å². The van der Waals surface area contributed by atoms with Gasteiger partial charge < -0.3 is 0 Å². The van der Waals surface area contributed by atoms with Crippen LogP contribution in [0.2, 0.25) is 0 Å². The van der Waals surface area contributed by atoms with Gasteiger partial charge in [0.1, 0.15) is 0 Å². The summed E-state index contributed by atoms with van der Waals surface area (Å²) in [6.07, 6.45) is -4.26. The van der Waals surface area contributed by atoms with Crippen molar-refractivity contribution in [2.24, 2.45) is 0 Å². The van der Waals surface area contributed by atoms with E-state index in [0.717, 1.165) is 0 Å². The average Bonchev–Trinajstić information content (AvgIpc) is 1.59. The molecule has 0 saturated carbocycles. The van der Waals surface area contributed by atoms with Gasteiger partial charge in [0.25, 0.3) is 0 Å². The molecule has 0 fully saturated rings. The zero-order valence-corrected chi connectivity index (χ0v) is 7.82. The molecule has 0 aromatic carbocycles. The Morgan fingerprint density at radius 2 is 1.27 bits per heavy atom. The van der Waals surface area contributed by atoms with Crippen molar-refractivity contribution in [1.82, 2.24) is 0 Å². The van der Waals surface area contributed by atoms with Crippen LogP contribution in [0.15, 0.2) is 12.7 Å². The molecule has 0 aliphatic heterocycles. The van der Waals surface area contributed by atoms with Crippen molar-refractivity contribution in [3.8, 4) is 0 Å². The number of hydrogen-bond donors (Lipinski definition) is 0. The number of alkyl halides is 6. The molecule has 0 N–H and O–H groups in total. The van der Waals surface area contributed by atoms with Crippen molar-refractivity contribution >= 4 is 34.8 Å². The summed E-state index contributed by atoms with van der Waals surface area (Å²) in [7, 11) is 0. The lowest BCUT2D eigenvalue weighted by Gasteiger charge is -1.94. The van der Waals surface area contributed by atoms with Crippen LogP contribution in [0, 0.1) is 0 Å². The molecule has 11 heavy (non-hydrogen) atoms. The van der Waals surface area contributed by atoms with Crippen LogP contribution in [0.1, 0.15) is 6.92 Å². The van der Waals surface area contributed by atoms with E-state index in [1.54, 1.807) is 0 Å². The van der Waals surface area contributed by atoms with E-state index in [9.17, 15) is 13.2 Å². The first-order valence-electron chi connectivity index (χ1n) is 2.33. The van der Waals surface area contributed by atoms with Crippen molar-refractivity contribution in [1.29, 1.82) is 0 Å². The molecule has 0 saturated heterocycles. The van der Waals surface area contributed by atoms with E-state index in [0.29, 0.717) is 0 Å². The highest BCUT2D eigenvalue weighted by atomic mass is 35.6. The van der Waals surface area contributed by atoms with Crippen molar-refractivity contribution in [3.05, 3.63) is 12.7 Å². The predicted octanol–water partition coefficient (Wildman–Crippen LogP) is 4.11. The largest absolute Gasteiger partial charge is 0.409 e. The fourth-order valence-electron chi connectivity index (χ4n) is 0. The highest BCUT2D eigenvalue weighted by molar-refractivity contribution is 6.67. The molecule has 0 spiro atoms. The first-order valence-corrected chi connectivity index (χ1v) is 3.46. The van der Waals surface area contributed by atoms with Gasteiger partial charge in [-0.05, 0) is 6.92 Å². The number of rotatable bonds is 0. The molecular formula is C5H6Cl3F3. The van der Waals surface area contributed by atoms with Crippen molar-refractivity contribution in [2.75, 3.05) is 0 Å². The third-order valence-corrected chi connectivity index (χ3v) is 0.231. The Kier molecular flexibility index (Phi) is 6.49. The van der Waals surface area contributed by atoms with E-state index in [1.165, 1.54) is 6.92 Å². The standard InChI is InChI=1S/C3H3F3.C2H3Cl3/c1-2-3(4,5)6;1-2(3,4)5/h2H,1H2;1H3. The Bertz CT molecular complexity index is 107. The number of hydrogen-bond acceptors (Lipinski definition) is 0.